The molecule has 7 heteroatoms. The fraction of sp³-hybridized carbons (Fsp3) is 0.393. The number of rotatable bonds is 9. The molecule has 7 nitrogen and oxygen atoms in total. The van der Waals surface area contributed by atoms with Gasteiger partial charge in [0.1, 0.15) is 5.82 Å². The van der Waals surface area contributed by atoms with Crippen molar-refractivity contribution in [1.29, 1.82) is 0 Å². The molecule has 35 heavy (non-hydrogen) atoms. The number of fused-ring (bicyclic) bond motifs is 3. The Hall–Kier alpha value is -3.29. The van der Waals surface area contributed by atoms with E-state index in [1.807, 2.05) is 60.6 Å². The predicted octanol–water partition coefficient (Wildman–Crippen LogP) is 4.17. The summed E-state index contributed by atoms with van der Waals surface area (Å²) in [5, 5.41) is 0. The summed E-state index contributed by atoms with van der Waals surface area (Å²) in [4.78, 5) is 33.1. The Balaban J connectivity index is 1.22. The van der Waals surface area contributed by atoms with Gasteiger partial charge in [0.15, 0.2) is 5.78 Å². The zero-order chi connectivity index (χ0) is 24.2. The van der Waals surface area contributed by atoms with Crippen molar-refractivity contribution in [3.05, 3.63) is 77.4 Å². The van der Waals surface area contributed by atoms with Crippen molar-refractivity contribution >= 4 is 11.7 Å². The summed E-state index contributed by atoms with van der Waals surface area (Å²) in [5.41, 5.74) is 3.50. The van der Waals surface area contributed by atoms with E-state index >= 15 is 0 Å². The fourth-order valence-corrected chi connectivity index (χ4v) is 5.16. The van der Waals surface area contributed by atoms with Crippen LogP contribution in [0.3, 0.4) is 0 Å². The van der Waals surface area contributed by atoms with Crippen LogP contribution in [0.25, 0.3) is 11.1 Å². The zero-order valence-corrected chi connectivity index (χ0v) is 20.1. The number of benzene rings is 2. The molecule has 0 spiro atoms. The van der Waals surface area contributed by atoms with Gasteiger partial charge < -0.3 is 18.9 Å². The summed E-state index contributed by atoms with van der Waals surface area (Å²) in [7, 11) is 0. The first-order chi connectivity index (χ1) is 17.2. The molecule has 1 fully saturated rings. The van der Waals surface area contributed by atoms with Crippen molar-refractivity contribution in [3.8, 4) is 11.1 Å². The van der Waals surface area contributed by atoms with Gasteiger partial charge in [0.25, 0.3) is 5.91 Å². The summed E-state index contributed by atoms with van der Waals surface area (Å²) < 4.78 is 13.1. The first kappa shape index (κ1) is 23.5. The van der Waals surface area contributed by atoms with Crippen LogP contribution < -0.4 is 0 Å². The van der Waals surface area contributed by atoms with E-state index in [1.165, 1.54) is 0 Å². The maximum Gasteiger partial charge on any atom is 0.254 e. The van der Waals surface area contributed by atoms with Gasteiger partial charge in [-0.1, -0.05) is 36.4 Å². The molecule has 1 saturated heterocycles. The maximum absolute atomic E-state index is 13.5. The van der Waals surface area contributed by atoms with Crippen molar-refractivity contribution in [2.45, 2.75) is 32.2 Å². The van der Waals surface area contributed by atoms with Crippen LogP contribution in [0.4, 0.5) is 0 Å². The molecule has 0 unspecified atom stereocenters. The first-order valence-corrected chi connectivity index (χ1v) is 12.4. The van der Waals surface area contributed by atoms with Crippen molar-refractivity contribution in [2.24, 2.45) is 0 Å². The topological polar surface area (TPSA) is 73.7 Å². The van der Waals surface area contributed by atoms with Crippen LogP contribution in [0.5, 0.6) is 0 Å². The minimum absolute atomic E-state index is 0.0556. The second-order valence-corrected chi connectivity index (χ2v) is 8.96. The number of hydrogen-bond donors (Lipinski definition) is 0. The number of likely N-dealkylation sites (tertiary alicyclic amines) is 1. The summed E-state index contributed by atoms with van der Waals surface area (Å²) in [6.45, 7) is 6.53. The molecule has 0 bridgehead atoms. The molecule has 3 aromatic rings. The molecule has 1 aliphatic carbocycles. The molecule has 0 N–H and O–H groups in total. The Morgan fingerprint density at radius 3 is 2.51 bits per heavy atom. The molecule has 0 atom stereocenters. The average Bonchev–Trinajstić information content (AvgIpc) is 3.49. The first-order valence-electron chi connectivity index (χ1n) is 12.4. The molecule has 2 heterocycles. The third-order valence-electron chi connectivity index (χ3n) is 6.93. The number of ether oxygens (including phenoxy) is 2. The van der Waals surface area contributed by atoms with Crippen LogP contribution in [0.15, 0.2) is 54.9 Å². The number of ketones is 1. The van der Waals surface area contributed by atoms with E-state index in [9.17, 15) is 9.59 Å². The molecule has 1 aliphatic heterocycles. The van der Waals surface area contributed by atoms with Gasteiger partial charge in [-0.2, -0.15) is 0 Å². The Morgan fingerprint density at radius 1 is 0.971 bits per heavy atom. The third kappa shape index (κ3) is 4.66. The molecule has 0 radical (unpaired) electrons. The van der Waals surface area contributed by atoms with Crippen molar-refractivity contribution < 1.29 is 19.1 Å². The maximum atomic E-state index is 13.5. The minimum Gasteiger partial charge on any atom is -0.379 e. The van der Waals surface area contributed by atoms with Gasteiger partial charge in [-0.3, -0.25) is 9.59 Å². The van der Waals surface area contributed by atoms with Gasteiger partial charge in [0, 0.05) is 55.7 Å². The highest BCUT2D eigenvalue weighted by atomic mass is 16.5. The smallest absolute Gasteiger partial charge is 0.254 e. The highest BCUT2D eigenvalue weighted by molar-refractivity contribution is 6.25. The van der Waals surface area contributed by atoms with Gasteiger partial charge in [0.05, 0.1) is 25.4 Å². The number of piperidine rings is 1. The van der Waals surface area contributed by atoms with Crippen molar-refractivity contribution in [3.63, 3.8) is 0 Å². The molecule has 182 valence electrons. The molecule has 0 saturated carbocycles. The van der Waals surface area contributed by atoms with E-state index in [0.29, 0.717) is 62.1 Å². The van der Waals surface area contributed by atoms with Crippen LogP contribution in [0, 0.1) is 0 Å². The molecule has 2 aliphatic rings. The summed E-state index contributed by atoms with van der Waals surface area (Å²) in [5.74, 6) is 1.23. The molecule has 1 aromatic heterocycles. The lowest BCUT2D eigenvalue weighted by Crippen LogP contribution is -2.39. The summed E-state index contributed by atoms with van der Waals surface area (Å²) >= 11 is 0. The number of nitrogens with zero attached hydrogens (tertiary/aromatic N) is 3. The second kappa shape index (κ2) is 10.5. The third-order valence-corrected chi connectivity index (χ3v) is 6.93. The van der Waals surface area contributed by atoms with Crippen LogP contribution in [0.2, 0.25) is 0 Å². The lowest BCUT2D eigenvalue weighted by atomic mass is 9.94. The van der Waals surface area contributed by atoms with Gasteiger partial charge in [-0.25, -0.2) is 4.98 Å². The second-order valence-electron chi connectivity index (χ2n) is 8.96. The van der Waals surface area contributed by atoms with Crippen molar-refractivity contribution in [1.82, 2.24) is 14.5 Å². The number of amides is 1. The number of imidazole rings is 1. The van der Waals surface area contributed by atoms with Crippen LogP contribution in [-0.2, 0) is 16.0 Å². The Kier molecular flexibility index (Phi) is 7.06. The number of carbonyl (C=O) groups is 2. The molecule has 5 rings (SSSR count). The molecular weight excluding hydrogens is 442 g/mol. The quantitative estimate of drug-likeness (QED) is 0.341. The fourth-order valence-electron chi connectivity index (χ4n) is 5.16. The number of aromatic nitrogens is 2. The lowest BCUT2D eigenvalue weighted by Gasteiger charge is -2.32. The average molecular weight is 474 g/mol. The Labute approximate surface area is 205 Å². The van der Waals surface area contributed by atoms with Gasteiger partial charge >= 0.3 is 0 Å². The van der Waals surface area contributed by atoms with Gasteiger partial charge in [0.2, 0.25) is 0 Å². The van der Waals surface area contributed by atoms with Crippen LogP contribution in [-0.4, -0.2) is 65.7 Å². The standard InChI is InChI=1S/C28H31N3O4/c1-2-34-18-19-35-17-16-30-15-12-29-27(30)20-10-13-31(14-11-20)28(33)24-9-5-8-22-21-6-3-4-7-23(21)26(32)25(22)24/h3-9,12,15,20H,2,10-11,13-14,16-19H2,1H3. The molecular formula is C28H31N3O4. The monoisotopic (exact) mass is 473 g/mol. The Morgan fingerprint density at radius 2 is 1.71 bits per heavy atom. The number of hydrogen-bond acceptors (Lipinski definition) is 5. The normalized spacial score (nSPS) is 15.3. The largest absolute Gasteiger partial charge is 0.379 e. The minimum atomic E-state index is -0.0625. The lowest BCUT2D eigenvalue weighted by molar-refractivity contribution is 0.0492. The zero-order valence-electron chi connectivity index (χ0n) is 20.1. The van der Waals surface area contributed by atoms with Crippen LogP contribution in [0.1, 0.15) is 57.8 Å². The SMILES string of the molecule is CCOCCOCCn1ccnc1C1CCN(C(=O)c2cccc3c2C(=O)c2ccccc2-3)CC1. The van der Waals surface area contributed by atoms with Gasteiger partial charge in [-0.15, -0.1) is 0 Å². The highest BCUT2D eigenvalue weighted by Gasteiger charge is 2.33. The van der Waals surface area contributed by atoms with E-state index in [0.717, 1.165) is 36.3 Å². The summed E-state index contributed by atoms with van der Waals surface area (Å²) in [6, 6.07) is 13.2. The van der Waals surface area contributed by atoms with Crippen molar-refractivity contribution in [2.75, 3.05) is 39.5 Å². The molecule has 1 amide bonds. The Bertz CT molecular complexity index is 1210. The highest BCUT2D eigenvalue weighted by Crippen LogP contribution is 2.39. The predicted molar refractivity (Wildman–Crippen MR) is 133 cm³/mol. The van der Waals surface area contributed by atoms with Gasteiger partial charge in [-0.05, 0) is 37.0 Å². The van der Waals surface area contributed by atoms with E-state index in [-0.39, 0.29) is 11.7 Å². The van der Waals surface area contributed by atoms with E-state index in [2.05, 4.69) is 9.55 Å². The van der Waals surface area contributed by atoms with Crippen LogP contribution >= 0.6 is 0 Å². The van der Waals surface area contributed by atoms with E-state index in [4.69, 9.17) is 9.47 Å². The van der Waals surface area contributed by atoms with E-state index in [1.54, 1.807) is 6.07 Å². The molecule has 2 aromatic carbocycles. The summed E-state index contributed by atoms with van der Waals surface area (Å²) in [6.07, 6.45) is 5.52. The number of carbonyl (C=O) groups excluding carboxylic acids is 2. The van der Waals surface area contributed by atoms with E-state index < -0.39 is 0 Å².